The molecule has 0 aromatic heterocycles. The van der Waals surface area contributed by atoms with Crippen molar-refractivity contribution in [2.24, 2.45) is 0 Å². The molecule has 0 saturated carbocycles. The van der Waals surface area contributed by atoms with Gasteiger partial charge in [-0.25, -0.2) is 9.13 Å². The van der Waals surface area contributed by atoms with E-state index in [1.807, 2.05) is 0 Å². The Morgan fingerprint density at radius 3 is 1.71 bits per heavy atom. The van der Waals surface area contributed by atoms with E-state index in [4.69, 9.17) is 19.6 Å². The van der Waals surface area contributed by atoms with E-state index < -0.39 is 60.9 Å². The number of phenolic OH excluding ortho intramolecular Hbond substituents is 4. The summed E-state index contributed by atoms with van der Waals surface area (Å²) in [5.74, 6) is -6.54. The molecule has 0 saturated heterocycles. The standard InChI is InChI=1S/C10H10O12P2/c11-6-3-1-2-4(21-23(15,16)17)10(22-24(18,19)20)5(3)7(12)9(14)8(6)13/h1-2,11-14H,(H2,15,16,17)(H2,18,19,20). The Labute approximate surface area is 132 Å². The van der Waals surface area contributed by atoms with Crippen LogP contribution in [0.25, 0.3) is 10.8 Å². The lowest BCUT2D eigenvalue weighted by Crippen LogP contribution is -1.97. The van der Waals surface area contributed by atoms with Gasteiger partial charge in [0.05, 0.1) is 5.39 Å². The molecule has 0 aliphatic heterocycles. The predicted molar refractivity (Wildman–Crippen MR) is 76.0 cm³/mol. The van der Waals surface area contributed by atoms with Crippen LogP contribution in [0.1, 0.15) is 0 Å². The van der Waals surface area contributed by atoms with E-state index in [-0.39, 0.29) is 0 Å². The Morgan fingerprint density at radius 2 is 1.21 bits per heavy atom. The second-order valence-corrected chi connectivity index (χ2v) is 6.70. The fourth-order valence-corrected chi connectivity index (χ4v) is 2.69. The number of fused-ring (bicyclic) bond motifs is 1. The fourth-order valence-electron chi connectivity index (χ4n) is 1.88. The summed E-state index contributed by atoms with van der Waals surface area (Å²) in [5.41, 5.74) is 0. The van der Waals surface area contributed by atoms with Crippen LogP contribution in [0.2, 0.25) is 0 Å². The average molecular weight is 384 g/mol. The van der Waals surface area contributed by atoms with E-state index in [1.165, 1.54) is 0 Å². The summed E-state index contributed by atoms with van der Waals surface area (Å²) < 4.78 is 30.5. The van der Waals surface area contributed by atoms with Crippen molar-refractivity contribution in [3.8, 4) is 34.5 Å². The maximum atomic E-state index is 11.1. The van der Waals surface area contributed by atoms with Gasteiger partial charge in [-0.1, -0.05) is 0 Å². The van der Waals surface area contributed by atoms with Gasteiger partial charge in [-0.2, -0.15) is 0 Å². The topological polar surface area (TPSA) is 214 Å². The van der Waals surface area contributed by atoms with Crippen molar-refractivity contribution in [3.63, 3.8) is 0 Å². The van der Waals surface area contributed by atoms with Gasteiger partial charge in [0.15, 0.2) is 23.0 Å². The molecular formula is C10H10O12P2. The normalized spacial score (nSPS) is 12.3. The van der Waals surface area contributed by atoms with Crippen LogP contribution in [0.4, 0.5) is 0 Å². The van der Waals surface area contributed by atoms with Gasteiger partial charge < -0.3 is 29.5 Å². The first kappa shape index (κ1) is 18.1. The molecule has 2 rings (SSSR count). The number of rotatable bonds is 4. The number of hydrogen-bond acceptors (Lipinski definition) is 8. The lowest BCUT2D eigenvalue weighted by molar-refractivity contribution is 0.264. The molecule has 2 aromatic rings. The van der Waals surface area contributed by atoms with Crippen LogP contribution < -0.4 is 9.05 Å². The molecule has 0 fully saturated rings. The van der Waals surface area contributed by atoms with Crippen molar-refractivity contribution in [1.29, 1.82) is 0 Å². The maximum absolute atomic E-state index is 11.1. The first-order valence-corrected chi connectivity index (χ1v) is 8.80. The molecule has 0 amide bonds. The van der Waals surface area contributed by atoms with Crippen molar-refractivity contribution < 1.29 is 58.2 Å². The van der Waals surface area contributed by atoms with Crippen LogP contribution in [0.15, 0.2) is 12.1 Å². The average Bonchev–Trinajstić information content (AvgIpc) is 2.41. The van der Waals surface area contributed by atoms with Crippen molar-refractivity contribution in [2.45, 2.75) is 0 Å². The SMILES string of the molecule is O=P(O)(O)Oc1ccc2c(O)c(O)c(O)c(O)c2c1OP(=O)(O)O. The second-order valence-electron chi connectivity index (χ2n) is 4.37. The first-order valence-electron chi connectivity index (χ1n) is 5.74. The Bertz CT molecular complexity index is 910. The maximum Gasteiger partial charge on any atom is 0.524 e. The molecule has 0 bridgehead atoms. The Morgan fingerprint density at radius 1 is 0.708 bits per heavy atom. The number of phosphoric ester groups is 2. The number of phenols is 4. The van der Waals surface area contributed by atoms with Crippen molar-refractivity contribution in [3.05, 3.63) is 12.1 Å². The molecule has 2 aromatic carbocycles. The number of phosphoric acid groups is 2. The second kappa shape index (κ2) is 5.71. The zero-order valence-electron chi connectivity index (χ0n) is 11.3. The third kappa shape index (κ3) is 3.49. The largest absolute Gasteiger partial charge is 0.524 e. The van der Waals surface area contributed by atoms with Crippen LogP contribution >= 0.6 is 15.6 Å². The highest BCUT2D eigenvalue weighted by molar-refractivity contribution is 7.47. The molecule has 0 unspecified atom stereocenters. The Hall–Kier alpha value is -2.20. The molecular weight excluding hydrogens is 374 g/mol. The predicted octanol–water partition coefficient (Wildman–Crippen LogP) is 0.605. The van der Waals surface area contributed by atoms with E-state index in [1.54, 1.807) is 0 Å². The van der Waals surface area contributed by atoms with Gasteiger partial charge in [0.1, 0.15) is 0 Å². The summed E-state index contributed by atoms with van der Waals surface area (Å²) in [6.45, 7) is 0. The summed E-state index contributed by atoms with van der Waals surface area (Å²) in [6, 6.07) is 1.64. The highest BCUT2D eigenvalue weighted by atomic mass is 31.2. The zero-order valence-corrected chi connectivity index (χ0v) is 13.0. The summed E-state index contributed by atoms with van der Waals surface area (Å²) in [5, 5.41) is 37.4. The monoisotopic (exact) mass is 384 g/mol. The van der Waals surface area contributed by atoms with Crippen molar-refractivity contribution in [1.82, 2.24) is 0 Å². The summed E-state index contributed by atoms with van der Waals surface area (Å²) in [6.07, 6.45) is 0. The minimum atomic E-state index is -5.32. The summed E-state index contributed by atoms with van der Waals surface area (Å²) in [4.78, 5) is 35.5. The molecule has 12 nitrogen and oxygen atoms in total. The van der Waals surface area contributed by atoms with Crippen LogP contribution in [-0.4, -0.2) is 40.0 Å². The lowest BCUT2D eigenvalue weighted by Gasteiger charge is -2.17. The van der Waals surface area contributed by atoms with Gasteiger partial charge in [-0.05, 0) is 12.1 Å². The molecule has 24 heavy (non-hydrogen) atoms. The minimum Gasteiger partial charge on any atom is -0.504 e. The molecule has 0 atom stereocenters. The van der Waals surface area contributed by atoms with E-state index in [2.05, 4.69) is 9.05 Å². The van der Waals surface area contributed by atoms with Crippen LogP contribution in [0.5, 0.6) is 34.5 Å². The molecule has 0 aliphatic carbocycles. The first-order chi connectivity index (χ1) is 10.8. The van der Waals surface area contributed by atoms with E-state index >= 15 is 0 Å². The summed E-state index contributed by atoms with van der Waals surface area (Å²) >= 11 is 0. The van der Waals surface area contributed by atoms with Gasteiger partial charge in [0, 0.05) is 5.39 Å². The van der Waals surface area contributed by atoms with Crippen molar-refractivity contribution in [2.75, 3.05) is 0 Å². The number of benzene rings is 2. The van der Waals surface area contributed by atoms with Gasteiger partial charge in [0.25, 0.3) is 0 Å². The number of hydrogen-bond donors (Lipinski definition) is 8. The Balaban J connectivity index is 2.93. The molecule has 8 N–H and O–H groups in total. The number of aromatic hydroxyl groups is 4. The molecule has 14 heteroatoms. The highest BCUT2D eigenvalue weighted by Crippen LogP contribution is 2.57. The molecule has 0 heterocycles. The van der Waals surface area contributed by atoms with Gasteiger partial charge in [-0.3, -0.25) is 19.6 Å². The van der Waals surface area contributed by atoms with Crippen LogP contribution in [0, 0.1) is 0 Å². The van der Waals surface area contributed by atoms with E-state index in [0.29, 0.717) is 0 Å². The molecule has 0 aliphatic rings. The van der Waals surface area contributed by atoms with Crippen LogP contribution in [0.3, 0.4) is 0 Å². The third-order valence-corrected chi connectivity index (χ3v) is 3.57. The molecule has 0 radical (unpaired) electrons. The van der Waals surface area contributed by atoms with Gasteiger partial charge in [0.2, 0.25) is 11.5 Å². The highest BCUT2D eigenvalue weighted by Gasteiger charge is 2.30. The van der Waals surface area contributed by atoms with Crippen molar-refractivity contribution >= 4 is 26.4 Å². The minimum absolute atomic E-state index is 0.454. The smallest absolute Gasteiger partial charge is 0.504 e. The van der Waals surface area contributed by atoms with Crippen LogP contribution in [-0.2, 0) is 9.13 Å². The third-order valence-electron chi connectivity index (χ3n) is 2.71. The lowest BCUT2D eigenvalue weighted by atomic mass is 10.1. The van der Waals surface area contributed by atoms with E-state index in [0.717, 1.165) is 12.1 Å². The van der Waals surface area contributed by atoms with Gasteiger partial charge in [-0.15, -0.1) is 0 Å². The molecule has 132 valence electrons. The Kier molecular flexibility index (Phi) is 4.31. The molecule has 0 spiro atoms. The zero-order chi connectivity index (χ0) is 18.4. The fraction of sp³-hybridized carbons (Fsp3) is 0. The quantitative estimate of drug-likeness (QED) is 0.207. The summed E-state index contributed by atoms with van der Waals surface area (Å²) in [7, 11) is -10.5. The van der Waals surface area contributed by atoms with E-state index in [9.17, 15) is 29.6 Å². The van der Waals surface area contributed by atoms with Gasteiger partial charge >= 0.3 is 15.6 Å².